The second-order valence-electron chi connectivity index (χ2n) is 6.68. The van der Waals surface area contributed by atoms with Crippen LogP contribution in [0.5, 0.6) is 0 Å². The van der Waals surface area contributed by atoms with Gasteiger partial charge in [0.1, 0.15) is 0 Å². The molecule has 120 valence electrons. The number of benzene rings is 1. The molecule has 1 saturated carbocycles. The normalized spacial score (nSPS) is 18.9. The van der Waals surface area contributed by atoms with E-state index >= 15 is 0 Å². The molecule has 1 aromatic heterocycles. The van der Waals surface area contributed by atoms with Gasteiger partial charge in [0.25, 0.3) is 0 Å². The van der Waals surface area contributed by atoms with Crippen LogP contribution < -0.4 is 10.2 Å². The molecule has 4 rings (SSSR count). The molecular weight excluding hydrogens is 286 g/mol. The Kier molecular flexibility index (Phi) is 4.09. The van der Waals surface area contributed by atoms with Crippen molar-refractivity contribution in [3.8, 4) is 0 Å². The van der Waals surface area contributed by atoms with E-state index in [2.05, 4.69) is 55.7 Å². The highest BCUT2D eigenvalue weighted by Crippen LogP contribution is 2.26. The van der Waals surface area contributed by atoms with Gasteiger partial charge in [-0.25, -0.2) is 0 Å². The maximum atomic E-state index is 4.63. The van der Waals surface area contributed by atoms with Crippen molar-refractivity contribution in [2.24, 2.45) is 5.92 Å². The number of rotatable bonds is 5. The summed E-state index contributed by atoms with van der Waals surface area (Å²) in [7, 11) is 0. The summed E-state index contributed by atoms with van der Waals surface area (Å²) in [6.07, 6.45) is 7.77. The molecule has 5 heteroatoms. The smallest absolute Gasteiger partial charge is 0.247 e. The van der Waals surface area contributed by atoms with Gasteiger partial charge in [-0.15, -0.1) is 5.10 Å². The lowest BCUT2D eigenvalue weighted by Gasteiger charge is -2.31. The molecule has 1 aliphatic heterocycles. The van der Waals surface area contributed by atoms with E-state index in [1.54, 1.807) is 6.20 Å². The summed E-state index contributed by atoms with van der Waals surface area (Å²) < 4.78 is 0. The topological polar surface area (TPSA) is 53.9 Å². The molecule has 5 nitrogen and oxygen atoms in total. The molecular formula is C18H23N5. The van der Waals surface area contributed by atoms with Crippen LogP contribution in [0.3, 0.4) is 0 Å². The summed E-state index contributed by atoms with van der Waals surface area (Å²) in [6, 6.07) is 11.4. The van der Waals surface area contributed by atoms with Crippen LogP contribution in [-0.2, 0) is 6.42 Å². The van der Waals surface area contributed by atoms with Gasteiger partial charge in [0.2, 0.25) is 5.95 Å². The average molecular weight is 309 g/mol. The minimum atomic E-state index is 0.594. The molecule has 2 aliphatic rings. The molecule has 0 unspecified atom stereocenters. The van der Waals surface area contributed by atoms with E-state index in [4.69, 9.17) is 0 Å². The quantitative estimate of drug-likeness (QED) is 0.920. The van der Waals surface area contributed by atoms with Gasteiger partial charge in [0, 0.05) is 19.1 Å². The molecule has 0 spiro atoms. The van der Waals surface area contributed by atoms with Crippen LogP contribution in [-0.4, -0.2) is 34.3 Å². The summed E-state index contributed by atoms with van der Waals surface area (Å²) in [5, 5.41) is 11.7. The predicted octanol–water partition coefficient (Wildman–Crippen LogP) is 2.91. The molecule has 1 aliphatic carbocycles. The summed E-state index contributed by atoms with van der Waals surface area (Å²) in [4.78, 5) is 6.90. The number of hydrogen-bond acceptors (Lipinski definition) is 5. The Bertz CT molecular complexity index is 633. The second-order valence-corrected chi connectivity index (χ2v) is 6.68. The van der Waals surface area contributed by atoms with Crippen LogP contribution in [0.1, 0.15) is 31.2 Å². The minimum absolute atomic E-state index is 0.594. The van der Waals surface area contributed by atoms with Gasteiger partial charge < -0.3 is 10.2 Å². The fourth-order valence-corrected chi connectivity index (χ4v) is 3.22. The van der Waals surface area contributed by atoms with Crippen LogP contribution in [0.4, 0.5) is 11.8 Å². The summed E-state index contributed by atoms with van der Waals surface area (Å²) >= 11 is 0. The number of anilines is 2. The lowest BCUT2D eigenvalue weighted by Crippen LogP contribution is -2.35. The van der Waals surface area contributed by atoms with Crippen LogP contribution in [0, 0.1) is 5.92 Å². The highest BCUT2D eigenvalue weighted by Gasteiger charge is 2.24. The van der Waals surface area contributed by atoms with Crippen molar-refractivity contribution in [2.75, 3.05) is 23.3 Å². The van der Waals surface area contributed by atoms with Crippen LogP contribution in [0.2, 0.25) is 0 Å². The van der Waals surface area contributed by atoms with Crippen LogP contribution in [0.15, 0.2) is 36.5 Å². The molecule has 2 aromatic rings. The van der Waals surface area contributed by atoms with Crippen molar-refractivity contribution in [3.63, 3.8) is 0 Å². The SMILES string of the molecule is c1ccc(CC2CCN(c3nncc(NC4CC4)n3)CC2)cc1. The third-order valence-electron chi connectivity index (χ3n) is 4.74. The largest absolute Gasteiger partial charge is 0.366 e. The number of nitrogens with one attached hydrogen (secondary N) is 1. The number of aromatic nitrogens is 3. The van der Waals surface area contributed by atoms with E-state index in [1.807, 2.05) is 0 Å². The van der Waals surface area contributed by atoms with Gasteiger partial charge in [-0.1, -0.05) is 30.3 Å². The Morgan fingerprint density at radius 1 is 1.04 bits per heavy atom. The summed E-state index contributed by atoms with van der Waals surface area (Å²) in [5.41, 5.74) is 1.44. The fourth-order valence-electron chi connectivity index (χ4n) is 3.22. The second kappa shape index (κ2) is 6.52. The maximum absolute atomic E-state index is 4.63. The number of nitrogens with zero attached hydrogens (tertiary/aromatic N) is 4. The first-order chi connectivity index (χ1) is 11.4. The zero-order valence-electron chi connectivity index (χ0n) is 13.4. The lowest BCUT2D eigenvalue weighted by molar-refractivity contribution is 0.400. The third-order valence-corrected chi connectivity index (χ3v) is 4.74. The molecule has 23 heavy (non-hydrogen) atoms. The fraction of sp³-hybridized carbons (Fsp3) is 0.500. The molecule has 1 aromatic carbocycles. The maximum Gasteiger partial charge on any atom is 0.247 e. The van der Waals surface area contributed by atoms with E-state index in [9.17, 15) is 0 Å². The van der Waals surface area contributed by atoms with Crippen molar-refractivity contribution in [1.82, 2.24) is 15.2 Å². The minimum Gasteiger partial charge on any atom is -0.366 e. The molecule has 2 heterocycles. The monoisotopic (exact) mass is 309 g/mol. The predicted molar refractivity (Wildman–Crippen MR) is 91.6 cm³/mol. The zero-order valence-corrected chi connectivity index (χ0v) is 13.4. The molecule has 0 amide bonds. The van der Waals surface area contributed by atoms with Crippen LogP contribution in [0.25, 0.3) is 0 Å². The first-order valence-electron chi connectivity index (χ1n) is 8.62. The van der Waals surface area contributed by atoms with Crippen molar-refractivity contribution in [1.29, 1.82) is 0 Å². The summed E-state index contributed by atoms with van der Waals surface area (Å²) in [6.45, 7) is 2.04. The number of piperidine rings is 1. The Hall–Kier alpha value is -2.17. The first-order valence-corrected chi connectivity index (χ1v) is 8.62. The Morgan fingerprint density at radius 3 is 2.57 bits per heavy atom. The Morgan fingerprint density at radius 2 is 1.83 bits per heavy atom. The molecule has 1 N–H and O–H groups in total. The van der Waals surface area contributed by atoms with E-state index in [1.165, 1.54) is 37.7 Å². The first kappa shape index (κ1) is 14.4. The van der Waals surface area contributed by atoms with Gasteiger partial charge in [-0.2, -0.15) is 10.1 Å². The van der Waals surface area contributed by atoms with Gasteiger partial charge in [-0.3, -0.25) is 0 Å². The highest BCUT2D eigenvalue weighted by atomic mass is 15.3. The van der Waals surface area contributed by atoms with E-state index < -0.39 is 0 Å². The van der Waals surface area contributed by atoms with Gasteiger partial charge in [-0.05, 0) is 43.6 Å². The Labute approximate surface area is 137 Å². The third kappa shape index (κ3) is 3.78. The molecule has 1 saturated heterocycles. The molecule has 0 atom stereocenters. The van der Waals surface area contributed by atoms with Crippen molar-refractivity contribution < 1.29 is 0 Å². The molecule has 0 bridgehead atoms. The summed E-state index contributed by atoms with van der Waals surface area (Å²) in [5.74, 6) is 2.40. The van der Waals surface area contributed by atoms with E-state index in [-0.39, 0.29) is 0 Å². The average Bonchev–Trinajstić information content (AvgIpc) is 3.41. The molecule has 0 radical (unpaired) electrons. The van der Waals surface area contributed by atoms with Gasteiger partial charge >= 0.3 is 0 Å². The molecule has 2 fully saturated rings. The van der Waals surface area contributed by atoms with Crippen molar-refractivity contribution in [2.45, 2.75) is 38.1 Å². The highest BCUT2D eigenvalue weighted by molar-refractivity contribution is 5.40. The van der Waals surface area contributed by atoms with E-state index in [0.29, 0.717) is 6.04 Å². The van der Waals surface area contributed by atoms with Crippen molar-refractivity contribution in [3.05, 3.63) is 42.1 Å². The van der Waals surface area contributed by atoms with Crippen molar-refractivity contribution >= 4 is 11.8 Å². The van der Waals surface area contributed by atoms with Crippen LogP contribution >= 0.6 is 0 Å². The number of hydrogen-bond donors (Lipinski definition) is 1. The zero-order chi connectivity index (χ0) is 15.5. The van der Waals surface area contributed by atoms with Gasteiger partial charge in [0.05, 0.1) is 6.20 Å². The standard InChI is InChI=1S/C18H23N5/c1-2-4-14(5-3-1)12-15-8-10-23(11-9-15)18-21-17(13-19-22-18)20-16-6-7-16/h1-5,13,15-16H,6-12H2,(H,20,21,22). The van der Waals surface area contributed by atoms with Gasteiger partial charge in [0.15, 0.2) is 5.82 Å². The Balaban J connectivity index is 1.34. The van der Waals surface area contributed by atoms with E-state index in [0.717, 1.165) is 30.8 Å². The lowest BCUT2D eigenvalue weighted by atomic mass is 9.90.